The lowest BCUT2D eigenvalue weighted by Gasteiger charge is -2.35. The van der Waals surface area contributed by atoms with Gasteiger partial charge in [-0.05, 0) is 27.7 Å². The van der Waals surface area contributed by atoms with E-state index in [4.69, 9.17) is 6.57 Å². The smallest absolute Gasteiger partial charge is 0.187 e. The normalized spacial score (nSPS) is 20.4. The van der Waals surface area contributed by atoms with Crippen LogP contribution in [-0.4, -0.2) is 22.0 Å². The molecule has 0 spiro atoms. The first-order chi connectivity index (χ1) is 8.29. The number of hydrogen-bond acceptors (Lipinski definition) is 2. The molecule has 1 aliphatic heterocycles. The second-order valence-corrected chi connectivity index (χ2v) is 5.51. The molecule has 0 N–H and O–H groups in total. The van der Waals surface area contributed by atoms with E-state index in [0.29, 0.717) is 11.5 Å². The molecule has 0 saturated carbocycles. The van der Waals surface area contributed by atoms with Crippen LogP contribution in [0.5, 0.6) is 0 Å². The van der Waals surface area contributed by atoms with Crippen LogP contribution in [0, 0.1) is 6.57 Å². The minimum absolute atomic E-state index is 0.428. The molecule has 4 heteroatoms. The monoisotopic (exact) mass is 242 g/mol. The summed E-state index contributed by atoms with van der Waals surface area (Å²) in [5.41, 5.74) is 0.327. The molecule has 0 aliphatic carbocycles. The Labute approximate surface area is 107 Å². The molecular weight excluding hydrogens is 226 g/mol. The van der Waals surface area contributed by atoms with Gasteiger partial charge in [0, 0.05) is 5.56 Å². The Kier molecular flexibility index (Phi) is 2.67. The van der Waals surface area contributed by atoms with Gasteiger partial charge in [0.2, 0.25) is 0 Å². The third kappa shape index (κ3) is 1.68. The number of amidine groups is 1. The van der Waals surface area contributed by atoms with Crippen LogP contribution in [0.15, 0.2) is 29.3 Å². The Morgan fingerprint density at radius 3 is 2.11 bits per heavy atom. The molecule has 1 aromatic carbocycles. The molecule has 0 bridgehead atoms. The molecular formula is C14H16N3O. The van der Waals surface area contributed by atoms with E-state index >= 15 is 0 Å². The first kappa shape index (κ1) is 12.6. The molecule has 1 aliphatic rings. The molecule has 1 heterocycles. The molecule has 18 heavy (non-hydrogen) atoms. The van der Waals surface area contributed by atoms with E-state index in [9.17, 15) is 5.21 Å². The number of nitrogens with zero attached hydrogens (tertiary/aromatic N) is 3. The van der Waals surface area contributed by atoms with Gasteiger partial charge in [0.1, 0.15) is 0 Å². The molecule has 0 atom stereocenters. The Balaban J connectivity index is 2.43. The van der Waals surface area contributed by atoms with E-state index in [1.54, 1.807) is 24.3 Å². The van der Waals surface area contributed by atoms with Gasteiger partial charge in [0.05, 0.1) is 17.6 Å². The van der Waals surface area contributed by atoms with Crippen LogP contribution in [-0.2, 0) is 5.21 Å². The Morgan fingerprint density at radius 1 is 1.17 bits per heavy atom. The largest absolute Gasteiger partial charge is 0.257 e. The van der Waals surface area contributed by atoms with Crippen molar-refractivity contribution in [1.29, 1.82) is 0 Å². The summed E-state index contributed by atoms with van der Waals surface area (Å²) in [6.07, 6.45) is 0. The summed E-state index contributed by atoms with van der Waals surface area (Å²) in [6, 6.07) is 6.96. The van der Waals surface area contributed by atoms with Crippen molar-refractivity contribution in [3.8, 4) is 0 Å². The minimum Gasteiger partial charge on any atom is -0.257 e. The van der Waals surface area contributed by atoms with Crippen molar-refractivity contribution in [3.63, 3.8) is 0 Å². The number of benzene rings is 1. The molecule has 93 valence electrons. The van der Waals surface area contributed by atoms with Crippen molar-refractivity contribution < 1.29 is 5.21 Å². The average molecular weight is 242 g/mol. The Hall–Kier alpha value is -1.86. The SMILES string of the molecule is [C-]#[N+]c1ccc(C2=NC(C)(C)C(C)(C)N2[O])cc1. The Morgan fingerprint density at radius 2 is 1.72 bits per heavy atom. The first-order valence-corrected chi connectivity index (χ1v) is 5.85. The van der Waals surface area contributed by atoms with Gasteiger partial charge in [0.25, 0.3) is 0 Å². The second-order valence-electron chi connectivity index (χ2n) is 5.51. The maximum absolute atomic E-state index is 12.3. The van der Waals surface area contributed by atoms with Gasteiger partial charge in [-0.3, -0.25) is 4.99 Å². The fourth-order valence-corrected chi connectivity index (χ4v) is 1.83. The lowest BCUT2D eigenvalue weighted by molar-refractivity contribution is -0.158. The summed E-state index contributed by atoms with van der Waals surface area (Å²) >= 11 is 0. The zero-order valence-electron chi connectivity index (χ0n) is 11.1. The van der Waals surface area contributed by atoms with Crippen molar-refractivity contribution in [3.05, 3.63) is 41.2 Å². The number of hydrogen-bond donors (Lipinski definition) is 0. The summed E-state index contributed by atoms with van der Waals surface area (Å²) < 4.78 is 0. The third-order valence-electron chi connectivity index (χ3n) is 3.84. The van der Waals surface area contributed by atoms with E-state index in [2.05, 4.69) is 9.84 Å². The molecule has 0 fully saturated rings. The highest BCUT2D eigenvalue weighted by Gasteiger charge is 2.49. The van der Waals surface area contributed by atoms with Crippen LogP contribution in [0.25, 0.3) is 4.85 Å². The van der Waals surface area contributed by atoms with Crippen LogP contribution in [0.1, 0.15) is 33.3 Å². The van der Waals surface area contributed by atoms with Gasteiger partial charge in [0.15, 0.2) is 11.5 Å². The van der Waals surface area contributed by atoms with Gasteiger partial charge >= 0.3 is 0 Å². The fourth-order valence-electron chi connectivity index (χ4n) is 1.83. The van der Waals surface area contributed by atoms with E-state index in [1.807, 2.05) is 27.7 Å². The quantitative estimate of drug-likeness (QED) is 0.697. The predicted octanol–water partition coefficient (Wildman–Crippen LogP) is 3.20. The predicted molar refractivity (Wildman–Crippen MR) is 69.9 cm³/mol. The summed E-state index contributed by atoms with van der Waals surface area (Å²) in [4.78, 5) is 7.87. The Bertz CT molecular complexity index is 535. The summed E-state index contributed by atoms with van der Waals surface area (Å²) in [7, 11) is 0. The van der Waals surface area contributed by atoms with Crippen LogP contribution in [0.4, 0.5) is 5.69 Å². The van der Waals surface area contributed by atoms with Crippen molar-refractivity contribution in [2.45, 2.75) is 38.8 Å². The van der Waals surface area contributed by atoms with Crippen molar-refractivity contribution in [2.75, 3.05) is 0 Å². The van der Waals surface area contributed by atoms with Crippen molar-refractivity contribution in [1.82, 2.24) is 5.06 Å². The van der Waals surface area contributed by atoms with Gasteiger partial charge in [-0.25, -0.2) is 4.85 Å². The molecule has 2 rings (SSSR count). The minimum atomic E-state index is -0.569. The van der Waals surface area contributed by atoms with Crippen LogP contribution >= 0.6 is 0 Å². The van der Waals surface area contributed by atoms with Gasteiger partial charge in [-0.2, -0.15) is 5.06 Å². The van der Waals surface area contributed by atoms with Gasteiger partial charge in [-0.1, -0.05) is 29.5 Å². The van der Waals surface area contributed by atoms with E-state index in [1.165, 1.54) is 0 Å². The average Bonchev–Trinajstić information content (AvgIpc) is 2.50. The highest BCUT2D eigenvalue weighted by molar-refractivity contribution is 6.00. The number of rotatable bonds is 1. The second kappa shape index (κ2) is 3.82. The highest BCUT2D eigenvalue weighted by atomic mass is 16.5. The first-order valence-electron chi connectivity index (χ1n) is 5.85. The maximum atomic E-state index is 12.3. The molecule has 4 nitrogen and oxygen atoms in total. The summed E-state index contributed by atoms with van der Waals surface area (Å²) in [5.74, 6) is 0.446. The zero-order valence-corrected chi connectivity index (χ0v) is 11.1. The lowest BCUT2D eigenvalue weighted by Crippen LogP contribution is -2.50. The van der Waals surface area contributed by atoms with Gasteiger partial charge < -0.3 is 0 Å². The summed E-state index contributed by atoms with van der Waals surface area (Å²) in [6.45, 7) is 14.6. The molecule has 1 aromatic rings. The topological polar surface area (TPSA) is 39.9 Å². The maximum Gasteiger partial charge on any atom is 0.187 e. The zero-order chi connectivity index (χ0) is 13.6. The van der Waals surface area contributed by atoms with E-state index in [0.717, 1.165) is 10.6 Å². The molecule has 0 aromatic heterocycles. The third-order valence-corrected chi connectivity index (χ3v) is 3.84. The standard InChI is InChI=1S/C14H16N3O/c1-13(2)14(3,4)17(18)12(16-13)10-6-8-11(15-5)9-7-10/h6-9H,1-4H3. The van der Waals surface area contributed by atoms with Crippen LogP contribution in [0.3, 0.4) is 0 Å². The fraction of sp³-hybridized carbons (Fsp3) is 0.429. The van der Waals surface area contributed by atoms with E-state index < -0.39 is 11.1 Å². The molecule has 0 amide bonds. The van der Waals surface area contributed by atoms with Gasteiger partial charge in [-0.15, -0.1) is 0 Å². The molecule has 0 saturated heterocycles. The number of hydroxylamine groups is 2. The number of aliphatic imine (C=N–C) groups is 1. The van der Waals surface area contributed by atoms with Crippen molar-refractivity contribution >= 4 is 11.5 Å². The van der Waals surface area contributed by atoms with Crippen LogP contribution in [0.2, 0.25) is 0 Å². The summed E-state index contributed by atoms with van der Waals surface area (Å²) in [5, 5.41) is 13.3. The van der Waals surface area contributed by atoms with E-state index in [-0.39, 0.29) is 0 Å². The van der Waals surface area contributed by atoms with Crippen LogP contribution < -0.4 is 0 Å². The molecule has 0 unspecified atom stereocenters. The lowest BCUT2D eigenvalue weighted by atomic mass is 9.84. The van der Waals surface area contributed by atoms with Crippen molar-refractivity contribution in [2.24, 2.45) is 4.99 Å². The highest BCUT2D eigenvalue weighted by Crippen LogP contribution is 2.38. The molecule has 1 radical (unpaired) electrons.